The number of rotatable bonds is 5. The van der Waals surface area contributed by atoms with E-state index in [1.165, 1.54) is 6.33 Å². The predicted octanol–water partition coefficient (Wildman–Crippen LogP) is 3.25. The second kappa shape index (κ2) is 8.64. The third kappa shape index (κ3) is 3.79. The molecule has 30 heavy (non-hydrogen) atoms. The first kappa shape index (κ1) is 20.1. The third-order valence-corrected chi connectivity index (χ3v) is 5.67. The van der Waals surface area contributed by atoms with E-state index >= 15 is 0 Å². The average molecular weight is 411 g/mol. The molecule has 2 aliphatic rings. The van der Waals surface area contributed by atoms with E-state index in [0.29, 0.717) is 38.5 Å². The largest absolute Gasteiger partial charge is 0.466 e. The summed E-state index contributed by atoms with van der Waals surface area (Å²) >= 11 is 0. The van der Waals surface area contributed by atoms with Gasteiger partial charge in [-0.05, 0) is 44.2 Å². The summed E-state index contributed by atoms with van der Waals surface area (Å²) in [4.78, 5) is 36.3. The molecule has 4 rings (SSSR count). The molecule has 1 unspecified atom stereocenters. The Bertz CT molecular complexity index is 951. The summed E-state index contributed by atoms with van der Waals surface area (Å²) in [6.45, 7) is 3.70. The zero-order chi connectivity index (χ0) is 21.1. The van der Waals surface area contributed by atoms with Crippen molar-refractivity contribution in [3.05, 3.63) is 46.3 Å². The van der Waals surface area contributed by atoms with Crippen LogP contribution in [0, 0.1) is 16.0 Å². The van der Waals surface area contributed by atoms with Crippen molar-refractivity contribution >= 4 is 29.0 Å². The van der Waals surface area contributed by atoms with Crippen LogP contribution in [0.25, 0.3) is 0 Å². The topological polar surface area (TPSA) is 102 Å². The zero-order valence-electron chi connectivity index (χ0n) is 17.0. The maximum absolute atomic E-state index is 12.2. The molecule has 0 amide bonds. The Morgan fingerprint density at radius 1 is 1.23 bits per heavy atom. The van der Waals surface area contributed by atoms with Crippen molar-refractivity contribution in [2.75, 3.05) is 36.0 Å². The van der Waals surface area contributed by atoms with Gasteiger partial charge in [-0.2, -0.15) is 0 Å². The summed E-state index contributed by atoms with van der Waals surface area (Å²) in [5.74, 6) is -0.00557. The fourth-order valence-electron chi connectivity index (χ4n) is 4.33. The van der Waals surface area contributed by atoms with Gasteiger partial charge in [0.25, 0.3) is 0 Å². The molecule has 0 radical (unpaired) electrons. The normalized spacial score (nSPS) is 18.6. The molecule has 1 atom stereocenters. The quantitative estimate of drug-likeness (QED) is 0.420. The van der Waals surface area contributed by atoms with E-state index < -0.39 is 4.92 Å². The van der Waals surface area contributed by atoms with Crippen LogP contribution >= 0.6 is 0 Å². The first-order valence-electron chi connectivity index (χ1n) is 10.4. The lowest BCUT2D eigenvalue weighted by molar-refractivity contribution is -0.383. The number of anilines is 3. The van der Waals surface area contributed by atoms with Crippen LogP contribution in [0.3, 0.4) is 0 Å². The molecule has 0 aliphatic carbocycles. The number of aromatic nitrogens is 2. The minimum absolute atomic E-state index is 0.112. The number of ether oxygens (including phenoxy) is 1. The summed E-state index contributed by atoms with van der Waals surface area (Å²) in [6, 6.07) is 7.92. The summed E-state index contributed by atoms with van der Waals surface area (Å²) in [7, 11) is 0. The molecule has 0 spiro atoms. The van der Waals surface area contributed by atoms with Crippen LogP contribution < -0.4 is 9.80 Å². The van der Waals surface area contributed by atoms with Gasteiger partial charge in [-0.15, -0.1) is 0 Å². The average Bonchev–Trinajstić information content (AvgIpc) is 2.78. The van der Waals surface area contributed by atoms with Crippen LogP contribution in [0.15, 0.2) is 30.6 Å². The monoisotopic (exact) mass is 411 g/mol. The second-order valence-corrected chi connectivity index (χ2v) is 7.55. The molecule has 1 saturated heterocycles. The van der Waals surface area contributed by atoms with E-state index in [-0.39, 0.29) is 23.4 Å². The zero-order valence-corrected chi connectivity index (χ0v) is 17.0. The molecular formula is C21H25N5O4. The third-order valence-electron chi connectivity index (χ3n) is 5.67. The standard InChI is InChI=1S/C21H25N5O4/c1-2-30-21(27)16-9-5-11-24(13-16)19-18(26(28)29)20(23-14-22-19)25-12-6-8-15-7-3-4-10-17(15)25/h3-4,7,10,14,16H,2,5-6,8-9,11-13H2,1H3. The van der Waals surface area contributed by atoms with E-state index in [2.05, 4.69) is 9.97 Å². The number of esters is 1. The van der Waals surface area contributed by atoms with E-state index in [4.69, 9.17) is 4.74 Å². The van der Waals surface area contributed by atoms with Crippen LogP contribution in [0.1, 0.15) is 31.7 Å². The van der Waals surface area contributed by atoms with E-state index in [1.54, 1.807) is 6.92 Å². The fraction of sp³-hybridized carbons (Fsp3) is 0.476. The number of para-hydroxylation sites is 1. The Morgan fingerprint density at radius 2 is 2.03 bits per heavy atom. The van der Waals surface area contributed by atoms with Crippen molar-refractivity contribution in [3.63, 3.8) is 0 Å². The van der Waals surface area contributed by atoms with Gasteiger partial charge in [0.2, 0.25) is 11.6 Å². The van der Waals surface area contributed by atoms with Gasteiger partial charge >= 0.3 is 11.7 Å². The van der Waals surface area contributed by atoms with E-state index in [1.807, 2.05) is 34.1 Å². The van der Waals surface area contributed by atoms with E-state index in [9.17, 15) is 14.9 Å². The molecular weight excluding hydrogens is 386 g/mol. The van der Waals surface area contributed by atoms with Gasteiger partial charge in [0, 0.05) is 25.3 Å². The molecule has 0 saturated carbocycles. The Balaban J connectivity index is 1.71. The lowest BCUT2D eigenvalue weighted by Crippen LogP contribution is -2.40. The van der Waals surface area contributed by atoms with E-state index in [0.717, 1.165) is 30.5 Å². The van der Waals surface area contributed by atoms with Gasteiger partial charge in [0.15, 0.2) is 0 Å². The molecule has 2 aliphatic heterocycles. The Morgan fingerprint density at radius 3 is 2.83 bits per heavy atom. The summed E-state index contributed by atoms with van der Waals surface area (Å²) in [5.41, 5.74) is 1.98. The SMILES string of the molecule is CCOC(=O)C1CCCN(c2ncnc(N3CCCc4ccccc43)c2[N+](=O)[O-])C1. The van der Waals surface area contributed by atoms with Crippen molar-refractivity contribution in [3.8, 4) is 0 Å². The fourth-order valence-corrected chi connectivity index (χ4v) is 4.33. The van der Waals surface area contributed by atoms with Gasteiger partial charge in [0.05, 0.1) is 17.4 Å². The van der Waals surface area contributed by atoms with Crippen molar-refractivity contribution in [1.29, 1.82) is 0 Å². The minimum atomic E-state index is -0.407. The van der Waals surface area contributed by atoms with Crippen LogP contribution in [0.2, 0.25) is 0 Å². The lowest BCUT2D eigenvalue weighted by atomic mass is 9.98. The van der Waals surface area contributed by atoms with Gasteiger partial charge in [-0.1, -0.05) is 18.2 Å². The number of nitrogens with zero attached hydrogens (tertiary/aromatic N) is 5. The number of aryl methyl sites for hydroxylation is 1. The number of piperidine rings is 1. The first-order valence-corrected chi connectivity index (χ1v) is 10.4. The smallest absolute Gasteiger partial charge is 0.353 e. The molecule has 9 heteroatoms. The molecule has 9 nitrogen and oxygen atoms in total. The van der Waals surface area contributed by atoms with Crippen LogP contribution in [0.5, 0.6) is 0 Å². The number of hydrogen-bond acceptors (Lipinski definition) is 8. The molecule has 2 aromatic rings. The number of carbonyl (C=O) groups excluding carboxylic acids is 1. The highest BCUT2D eigenvalue weighted by Crippen LogP contribution is 2.41. The molecule has 0 N–H and O–H groups in total. The van der Waals surface area contributed by atoms with Crippen molar-refractivity contribution < 1.29 is 14.5 Å². The lowest BCUT2D eigenvalue weighted by Gasteiger charge is -2.33. The Kier molecular flexibility index (Phi) is 5.78. The number of benzene rings is 1. The predicted molar refractivity (Wildman–Crippen MR) is 112 cm³/mol. The highest BCUT2D eigenvalue weighted by atomic mass is 16.6. The first-order chi connectivity index (χ1) is 14.6. The van der Waals surface area contributed by atoms with Crippen LogP contribution in [0.4, 0.5) is 23.0 Å². The van der Waals surface area contributed by atoms with Gasteiger partial charge < -0.3 is 14.5 Å². The van der Waals surface area contributed by atoms with Crippen molar-refractivity contribution in [1.82, 2.24) is 9.97 Å². The van der Waals surface area contributed by atoms with Crippen LogP contribution in [-0.4, -0.2) is 47.1 Å². The van der Waals surface area contributed by atoms with Gasteiger partial charge in [-0.3, -0.25) is 14.9 Å². The highest BCUT2D eigenvalue weighted by molar-refractivity contribution is 5.79. The molecule has 1 aromatic heterocycles. The molecule has 158 valence electrons. The maximum Gasteiger partial charge on any atom is 0.353 e. The van der Waals surface area contributed by atoms with Crippen LogP contribution in [-0.2, 0) is 16.0 Å². The Hall–Kier alpha value is -3.23. The maximum atomic E-state index is 12.2. The summed E-state index contributed by atoms with van der Waals surface area (Å²) < 4.78 is 5.16. The second-order valence-electron chi connectivity index (χ2n) is 7.55. The highest BCUT2D eigenvalue weighted by Gasteiger charge is 2.35. The number of carbonyl (C=O) groups is 1. The number of nitro groups is 1. The Labute approximate surface area is 174 Å². The van der Waals surface area contributed by atoms with Crippen molar-refractivity contribution in [2.24, 2.45) is 5.92 Å². The summed E-state index contributed by atoms with van der Waals surface area (Å²) in [6.07, 6.45) is 4.66. The summed E-state index contributed by atoms with van der Waals surface area (Å²) in [5, 5.41) is 12.1. The number of fused-ring (bicyclic) bond motifs is 1. The van der Waals surface area contributed by atoms with Gasteiger partial charge in [0.1, 0.15) is 6.33 Å². The van der Waals surface area contributed by atoms with Crippen molar-refractivity contribution in [2.45, 2.75) is 32.6 Å². The van der Waals surface area contributed by atoms with Gasteiger partial charge in [-0.25, -0.2) is 9.97 Å². The molecule has 1 aromatic carbocycles. The molecule has 1 fully saturated rings. The molecule has 0 bridgehead atoms. The number of hydrogen-bond donors (Lipinski definition) is 0. The minimum Gasteiger partial charge on any atom is -0.466 e. The molecule has 3 heterocycles.